The highest BCUT2D eigenvalue weighted by atomic mass is 16.3. The second-order valence-electron chi connectivity index (χ2n) is 4.92. The number of benzene rings is 1. The molecule has 0 bridgehead atoms. The van der Waals surface area contributed by atoms with Crippen LogP contribution in [0.3, 0.4) is 0 Å². The van der Waals surface area contributed by atoms with Crippen LogP contribution < -0.4 is 5.73 Å². The quantitative estimate of drug-likeness (QED) is 0.798. The molecule has 0 aromatic heterocycles. The van der Waals surface area contributed by atoms with E-state index >= 15 is 0 Å². The lowest BCUT2D eigenvalue weighted by Crippen LogP contribution is -2.25. The fourth-order valence-electron chi connectivity index (χ4n) is 2.30. The zero-order valence-electron chi connectivity index (χ0n) is 9.89. The Morgan fingerprint density at radius 1 is 1.31 bits per heavy atom. The van der Waals surface area contributed by atoms with E-state index in [-0.39, 0.29) is 18.6 Å². The Morgan fingerprint density at radius 3 is 2.38 bits per heavy atom. The molecule has 16 heavy (non-hydrogen) atoms. The highest BCUT2D eigenvalue weighted by Crippen LogP contribution is 2.40. The lowest BCUT2D eigenvalue weighted by Gasteiger charge is -2.20. The van der Waals surface area contributed by atoms with Gasteiger partial charge in [-0.3, -0.25) is 0 Å². The molecule has 0 spiro atoms. The van der Waals surface area contributed by atoms with Crippen LogP contribution in [0.4, 0.5) is 0 Å². The van der Waals surface area contributed by atoms with Crippen molar-refractivity contribution >= 4 is 0 Å². The van der Waals surface area contributed by atoms with Crippen LogP contribution in [0.15, 0.2) is 24.3 Å². The normalized spacial score (nSPS) is 19.4. The van der Waals surface area contributed by atoms with E-state index in [2.05, 4.69) is 24.3 Å². The van der Waals surface area contributed by atoms with Crippen LogP contribution in [0, 0.1) is 0 Å². The molecule has 2 atom stereocenters. The summed E-state index contributed by atoms with van der Waals surface area (Å²) in [6.45, 7) is 2.21. The Hall–Kier alpha value is -0.860. The van der Waals surface area contributed by atoms with Crippen LogP contribution >= 0.6 is 0 Å². The zero-order valence-corrected chi connectivity index (χ0v) is 9.89. The minimum Gasteiger partial charge on any atom is -0.396 e. The fraction of sp³-hybridized carbons (Fsp3) is 0.571. The monoisotopic (exact) mass is 219 g/mol. The highest BCUT2D eigenvalue weighted by Gasteiger charge is 2.23. The summed E-state index contributed by atoms with van der Waals surface area (Å²) < 4.78 is 0. The largest absolute Gasteiger partial charge is 0.396 e. The zero-order chi connectivity index (χ0) is 11.5. The molecule has 0 heterocycles. The van der Waals surface area contributed by atoms with Crippen molar-refractivity contribution < 1.29 is 5.11 Å². The average Bonchev–Trinajstić information content (AvgIpc) is 3.10. The maximum atomic E-state index is 9.04. The Balaban J connectivity index is 2.11. The first-order valence-corrected chi connectivity index (χ1v) is 6.18. The Kier molecular flexibility index (Phi) is 3.62. The van der Waals surface area contributed by atoms with E-state index < -0.39 is 0 Å². The van der Waals surface area contributed by atoms with Gasteiger partial charge in [0, 0.05) is 18.6 Å². The Morgan fingerprint density at radius 2 is 1.94 bits per heavy atom. The molecule has 3 N–H and O–H groups in total. The van der Waals surface area contributed by atoms with E-state index in [0.717, 1.165) is 12.3 Å². The van der Waals surface area contributed by atoms with Gasteiger partial charge in [0.25, 0.3) is 0 Å². The third kappa shape index (κ3) is 2.63. The number of aliphatic hydroxyl groups excluding tert-OH is 1. The van der Waals surface area contributed by atoms with Crippen molar-refractivity contribution in [1.29, 1.82) is 0 Å². The van der Waals surface area contributed by atoms with Gasteiger partial charge in [-0.05, 0) is 43.2 Å². The van der Waals surface area contributed by atoms with Crippen molar-refractivity contribution in [1.82, 2.24) is 0 Å². The van der Waals surface area contributed by atoms with E-state index in [1.807, 2.05) is 6.92 Å². The number of rotatable bonds is 5. The predicted octanol–water partition coefficient (Wildman–Crippen LogP) is 2.38. The second-order valence-corrected chi connectivity index (χ2v) is 4.92. The number of hydrogen-bond donors (Lipinski definition) is 2. The van der Waals surface area contributed by atoms with Crippen LogP contribution in [0.5, 0.6) is 0 Å². The van der Waals surface area contributed by atoms with Crippen molar-refractivity contribution in [2.75, 3.05) is 6.61 Å². The predicted molar refractivity (Wildman–Crippen MR) is 66.5 cm³/mol. The third-order valence-electron chi connectivity index (χ3n) is 3.49. The molecule has 0 radical (unpaired) electrons. The van der Waals surface area contributed by atoms with E-state index in [9.17, 15) is 0 Å². The third-order valence-corrected chi connectivity index (χ3v) is 3.49. The molecule has 1 aliphatic rings. The lowest BCUT2D eigenvalue weighted by molar-refractivity contribution is 0.269. The van der Waals surface area contributed by atoms with Crippen LogP contribution in [0.25, 0.3) is 0 Å². The minimum absolute atomic E-state index is 0.0962. The summed E-state index contributed by atoms with van der Waals surface area (Å²) in [5.41, 5.74) is 8.67. The molecule has 1 aromatic rings. The van der Waals surface area contributed by atoms with Crippen LogP contribution in [0.2, 0.25) is 0 Å². The summed E-state index contributed by atoms with van der Waals surface area (Å²) in [6, 6.07) is 8.90. The molecular formula is C14H21NO. The maximum Gasteiger partial charge on any atom is 0.0437 e. The summed E-state index contributed by atoms with van der Waals surface area (Å²) in [5.74, 6) is 1.08. The van der Waals surface area contributed by atoms with E-state index in [1.54, 1.807) is 0 Å². The smallest absolute Gasteiger partial charge is 0.0437 e. The fourth-order valence-corrected chi connectivity index (χ4v) is 2.30. The van der Waals surface area contributed by atoms with Crippen LogP contribution in [0.1, 0.15) is 49.1 Å². The first kappa shape index (κ1) is 11.6. The van der Waals surface area contributed by atoms with Gasteiger partial charge in [0.15, 0.2) is 0 Å². The molecule has 1 aromatic carbocycles. The van der Waals surface area contributed by atoms with Crippen molar-refractivity contribution in [3.8, 4) is 0 Å². The molecule has 0 amide bonds. The molecule has 1 saturated carbocycles. The molecule has 2 unspecified atom stereocenters. The lowest BCUT2D eigenvalue weighted by atomic mass is 9.89. The van der Waals surface area contributed by atoms with Gasteiger partial charge < -0.3 is 10.8 Å². The Bertz CT molecular complexity index is 327. The van der Waals surface area contributed by atoms with Crippen molar-refractivity contribution in [3.05, 3.63) is 35.4 Å². The first-order valence-electron chi connectivity index (χ1n) is 6.18. The first-order chi connectivity index (χ1) is 7.72. The average molecular weight is 219 g/mol. The van der Waals surface area contributed by atoms with Gasteiger partial charge in [0.05, 0.1) is 0 Å². The molecule has 2 heteroatoms. The number of aliphatic hydroxyl groups is 1. The second kappa shape index (κ2) is 4.98. The van der Waals surface area contributed by atoms with Crippen LogP contribution in [-0.4, -0.2) is 17.8 Å². The SMILES string of the molecule is CC(N)C(CCO)c1ccc(C2CC2)cc1. The van der Waals surface area contributed by atoms with Gasteiger partial charge >= 0.3 is 0 Å². The molecule has 88 valence electrons. The Labute approximate surface area is 97.5 Å². The molecule has 2 rings (SSSR count). The number of nitrogens with two attached hydrogens (primary N) is 1. The molecule has 0 saturated heterocycles. The van der Waals surface area contributed by atoms with E-state index in [1.165, 1.54) is 24.0 Å². The standard InChI is InChI=1S/C14H21NO/c1-10(15)14(8-9-16)13-6-4-12(5-7-13)11-2-3-11/h4-7,10-11,14,16H,2-3,8-9,15H2,1H3. The molecule has 1 fully saturated rings. The summed E-state index contributed by atoms with van der Waals surface area (Å²) >= 11 is 0. The summed E-state index contributed by atoms with van der Waals surface area (Å²) in [5, 5.41) is 9.04. The summed E-state index contributed by atoms with van der Waals surface area (Å²) in [7, 11) is 0. The molecule has 1 aliphatic carbocycles. The number of hydrogen-bond acceptors (Lipinski definition) is 2. The van der Waals surface area contributed by atoms with Crippen molar-refractivity contribution in [3.63, 3.8) is 0 Å². The van der Waals surface area contributed by atoms with E-state index in [0.29, 0.717) is 0 Å². The minimum atomic E-state index is 0.0962. The summed E-state index contributed by atoms with van der Waals surface area (Å²) in [6.07, 6.45) is 3.43. The van der Waals surface area contributed by atoms with Gasteiger partial charge in [-0.15, -0.1) is 0 Å². The van der Waals surface area contributed by atoms with E-state index in [4.69, 9.17) is 10.8 Å². The van der Waals surface area contributed by atoms with Gasteiger partial charge in [0.2, 0.25) is 0 Å². The van der Waals surface area contributed by atoms with Gasteiger partial charge in [0.1, 0.15) is 0 Å². The molecular weight excluding hydrogens is 198 g/mol. The van der Waals surface area contributed by atoms with Crippen molar-refractivity contribution in [2.45, 2.75) is 44.1 Å². The highest BCUT2D eigenvalue weighted by molar-refractivity contribution is 5.30. The van der Waals surface area contributed by atoms with Crippen LogP contribution in [-0.2, 0) is 0 Å². The molecule has 2 nitrogen and oxygen atoms in total. The maximum absolute atomic E-state index is 9.04. The molecule has 0 aliphatic heterocycles. The topological polar surface area (TPSA) is 46.2 Å². The van der Waals surface area contributed by atoms with Crippen molar-refractivity contribution in [2.24, 2.45) is 5.73 Å². The van der Waals surface area contributed by atoms with Gasteiger partial charge in [-0.1, -0.05) is 24.3 Å². The van der Waals surface area contributed by atoms with Gasteiger partial charge in [-0.25, -0.2) is 0 Å². The summed E-state index contributed by atoms with van der Waals surface area (Å²) in [4.78, 5) is 0. The van der Waals surface area contributed by atoms with Gasteiger partial charge in [-0.2, -0.15) is 0 Å².